The molecule has 2 bridgehead atoms. The quantitative estimate of drug-likeness (QED) is 0.830. The topological polar surface area (TPSA) is 41.0 Å². The van der Waals surface area contributed by atoms with Gasteiger partial charge in [0.05, 0.1) is 11.4 Å². The van der Waals surface area contributed by atoms with E-state index in [1.165, 1.54) is 31.5 Å². The highest BCUT2D eigenvalue weighted by atomic mass is 32.1. The summed E-state index contributed by atoms with van der Waals surface area (Å²) >= 11 is 1.61. The van der Waals surface area contributed by atoms with Crippen molar-refractivity contribution in [3.63, 3.8) is 0 Å². The van der Waals surface area contributed by atoms with E-state index in [1.54, 1.807) is 11.3 Å². The number of nitrogens with zero attached hydrogens (tertiary/aromatic N) is 4. The summed E-state index contributed by atoms with van der Waals surface area (Å²) < 4.78 is 6.46. The van der Waals surface area contributed by atoms with Crippen LogP contribution in [0.3, 0.4) is 0 Å². The van der Waals surface area contributed by atoms with Gasteiger partial charge in [0, 0.05) is 25.7 Å². The van der Waals surface area contributed by atoms with Crippen LogP contribution < -0.4 is 0 Å². The largest absolute Gasteiger partial charge is 0.455 e. The minimum absolute atomic E-state index is 0.0659. The molecular formula is C19H22N4OS. The highest BCUT2D eigenvalue weighted by molar-refractivity contribution is 7.18. The minimum Gasteiger partial charge on any atom is -0.455 e. The second-order valence-corrected chi connectivity index (χ2v) is 8.35. The summed E-state index contributed by atoms with van der Waals surface area (Å²) in [6.07, 6.45) is 4.39. The summed E-state index contributed by atoms with van der Waals surface area (Å²) in [5.74, 6) is 0.656. The van der Waals surface area contributed by atoms with Crippen LogP contribution >= 0.6 is 11.3 Å². The molecule has 1 spiro atoms. The van der Waals surface area contributed by atoms with Crippen LogP contribution in [0.5, 0.6) is 0 Å². The number of hydrogen-bond acceptors (Lipinski definition) is 5. The first kappa shape index (κ1) is 15.3. The number of aromatic nitrogens is 1. The Labute approximate surface area is 152 Å². The molecule has 0 radical (unpaired) electrons. The number of aliphatic imine (C=N–C) groups is 1. The maximum absolute atomic E-state index is 6.46. The molecule has 1 aromatic heterocycles. The fourth-order valence-corrected chi connectivity index (χ4v) is 5.21. The van der Waals surface area contributed by atoms with Gasteiger partial charge < -0.3 is 9.64 Å². The average Bonchev–Trinajstić information content (AvgIpc) is 3.22. The predicted octanol–water partition coefficient (Wildman–Crippen LogP) is 3.22. The van der Waals surface area contributed by atoms with Gasteiger partial charge in [-0.2, -0.15) is 4.99 Å². The molecule has 0 amide bonds. The highest BCUT2D eigenvalue weighted by Crippen LogP contribution is 2.42. The van der Waals surface area contributed by atoms with E-state index in [-0.39, 0.29) is 5.60 Å². The highest BCUT2D eigenvalue weighted by Gasteiger charge is 2.53. The number of benzene rings is 1. The van der Waals surface area contributed by atoms with Crippen LogP contribution in [-0.2, 0) is 4.74 Å². The molecule has 0 aliphatic carbocycles. The Balaban J connectivity index is 1.39. The Morgan fingerprint density at radius 2 is 2.00 bits per heavy atom. The predicted molar refractivity (Wildman–Crippen MR) is 100 cm³/mol. The van der Waals surface area contributed by atoms with Crippen LogP contribution in [0.2, 0.25) is 0 Å². The fraction of sp³-hybridized carbons (Fsp3) is 0.474. The van der Waals surface area contributed by atoms with Gasteiger partial charge in [-0.05, 0) is 31.5 Å². The van der Waals surface area contributed by atoms with Gasteiger partial charge in [0.1, 0.15) is 5.60 Å². The SMILES string of the molecule is CN1CC2(CN3CCC2CC3)OC1=Nc1ncc(-c2ccccc2)s1. The lowest BCUT2D eigenvalue weighted by molar-refractivity contribution is -0.0818. The van der Waals surface area contributed by atoms with E-state index in [4.69, 9.17) is 9.73 Å². The van der Waals surface area contributed by atoms with E-state index in [0.717, 1.165) is 29.1 Å². The second-order valence-electron chi connectivity index (χ2n) is 7.34. The normalized spacial score (nSPS) is 32.5. The number of rotatable bonds is 2. The molecule has 4 aliphatic rings. The third kappa shape index (κ3) is 2.64. The molecule has 0 saturated carbocycles. The molecule has 6 heteroatoms. The van der Waals surface area contributed by atoms with Crippen molar-refractivity contribution in [3.8, 4) is 10.4 Å². The number of piperidine rings is 3. The molecule has 4 fully saturated rings. The maximum Gasteiger partial charge on any atom is 0.295 e. The van der Waals surface area contributed by atoms with Crippen molar-refractivity contribution < 1.29 is 4.74 Å². The third-order valence-corrected chi connectivity index (χ3v) is 6.63. The molecular weight excluding hydrogens is 332 g/mol. The van der Waals surface area contributed by atoms with Crippen LogP contribution in [0.4, 0.5) is 5.13 Å². The van der Waals surface area contributed by atoms with Crippen LogP contribution in [0.25, 0.3) is 10.4 Å². The van der Waals surface area contributed by atoms with Crippen LogP contribution in [0.1, 0.15) is 12.8 Å². The molecule has 1 unspecified atom stereocenters. The van der Waals surface area contributed by atoms with E-state index in [0.29, 0.717) is 5.92 Å². The Kier molecular flexibility index (Phi) is 3.57. The average molecular weight is 354 g/mol. The van der Waals surface area contributed by atoms with Gasteiger partial charge in [-0.3, -0.25) is 4.90 Å². The zero-order valence-electron chi connectivity index (χ0n) is 14.4. The molecule has 25 heavy (non-hydrogen) atoms. The summed E-state index contributed by atoms with van der Waals surface area (Å²) in [6.45, 7) is 4.41. The van der Waals surface area contributed by atoms with E-state index in [2.05, 4.69) is 34.0 Å². The van der Waals surface area contributed by atoms with Gasteiger partial charge in [-0.15, -0.1) is 0 Å². The van der Waals surface area contributed by atoms with Gasteiger partial charge in [-0.1, -0.05) is 41.7 Å². The lowest BCUT2D eigenvalue weighted by atomic mass is 9.75. The first-order chi connectivity index (χ1) is 12.2. The number of likely N-dealkylation sites (N-methyl/N-ethyl adjacent to an activating group) is 1. The summed E-state index contributed by atoms with van der Waals surface area (Å²) in [5, 5.41) is 0.763. The van der Waals surface area contributed by atoms with E-state index in [1.807, 2.05) is 24.4 Å². The zero-order valence-corrected chi connectivity index (χ0v) is 15.2. The van der Waals surface area contributed by atoms with Gasteiger partial charge in [0.2, 0.25) is 5.13 Å². The maximum atomic E-state index is 6.46. The molecule has 5 nitrogen and oxygen atoms in total. The summed E-state index contributed by atoms with van der Waals surface area (Å²) in [5.41, 5.74) is 1.12. The molecule has 6 rings (SSSR count). The summed E-state index contributed by atoms with van der Waals surface area (Å²) in [4.78, 5) is 15.0. The Hall–Kier alpha value is -1.92. The lowest BCUT2D eigenvalue weighted by Crippen LogP contribution is -2.60. The smallest absolute Gasteiger partial charge is 0.295 e. The number of amidine groups is 1. The lowest BCUT2D eigenvalue weighted by Gasteiger charge is -2.49. The molecule has 4 saturated heterocycles. The van der Waals surface area contributed by atoms with E-state index in [9.17, 15) is 0 Å². The number of fused-ring (bicyclic) bond motifs is 2. The molecule has 130 valence electrons. The summed E-state index contributed by atoms with van der Waals surface area (Å²) in [7, 11) is 2.08. The standard InChI is InChI=1S/C19H22N4OS/c1-22-12-19(13-23-9-7-15(19)8-10-23)24-18(22)21-17-20-11-16(25-17)14-5-3-2-4-6-14/h2-6,11,15H,7-10,12-13H2,1H3. The molecule has 5 heterocycles. The molecule has 4 aliphatic heterocycles. The van der Waals surface area contributed by atoms with Crippen LogP contribution in [0, 0.1) is 5.92 Å². The second kappa shape index (κ2) is 5.81. The van der Waals surface area contributed by atoms with Gasteiger partial charge >= 0.3 is 0 Å². The van der Waals surface area contributed by atoms with Crippen LogP contribution in [-0.4, -0.2) is 59.6 Å². The Morgan fingerprint density at radius 1 is 1.20 bits per heavy atom. The summed E-state index contributed by atoms with van der Waals surface area (Å²) in [6, 6.07) is 11.1. The Morgan fingerprint density at radius 3 is 2.72 bits per heavy atom. The van der Waals surface area contributed by atoms with Gasteiger partial charge in [0.15, 0.2) is 0 Å². The van der Waals surface area contributed by atoms with Crippen molar-refractivity contribution in [2.75, 3.05) is 33.2 Å². The molecule has 1 atom stereocenters. The van der Waals surface area contributed by atoms with Crippen molar-refractivity contribution in [2.24, 2.45) is 10.9 Å². The van der Waals surface area contributed by atoms with Gasteiger partial charge in [-0.25, -0.2) is 4.98 Å². The zero-order chi connectivity index (χ0) is 16.9. The van der Waals surface area contributed by atoms with Crippen molar-refractivity contribution in [2.45, 2.75) is 18.4 Å². The first-order valence-corrected chi connectivity index (χ1v) is 9.76. The molecule has 1 aromatic carbocycles. The fourth-order valence-electron chi connectivity index (χ4n) is 4.42. The van der Waals surface area contributed by atoms with Crippen molar-refractivity contribution in [1.82, 2.24) is 14.8 Å². The number of ether oxygens (including phenoxy) is 1. The monoisotopic (exact) mass is 354 g/mol. The molecule has 0 N–H and O–H groups in total. The van der Waals surface area contributed by atoms with Gasteiger partial charge in [0.25, 0.3) is 6.02 Å². The van der Waals surface area contributed by atoms with Crippen molar-refractivity contribution in [3.05, 3.63) is 36.5 Å². The minimum atomic E-state index is -0.0659. The first-order valence-electron chi connectivity index (χ1n) is 8.94. The van der Waals surface area contributed by atoms with Crippen LogP contribution in [0.15, 0.2) is 41.5 Å². The van der Waals surface area contributed by atoms with Crippen molar-refractivity contribution >= 4 is 22.5 Å². The Bertz CT molecular complexity index is 797. The number of hydrogen-bond donors (Lipinski definition) is 0. The third-order valence-electron chi connectivity index (χ3n) is 5.69. The van der Waals surface area contributed by atoms with E-state index < -0.39 is 0 Å². The van der Waals surface area contributed by atoms with E-state index >= 15 is 0 Å². The molecule has 2 aromatic rings. The van der Waals surface area contributed by atoms with Crippen molar-refractivity contribution in [1.29, 1.82) is 0 Å². The number of thiazole rings is 1.